The summed E-state index contributed by atoms with van der Waals surface area (Å²) in [7, 11) is 0. The van der Waals surface area contributed by atoms with Crippen molar-refractivity contribution >= 4 is 43.6 Å². The van der Waals surface area contributed by atoms with Gasteiger partial charge >= 0.3 is 265 Å². The SMILES string of the molecule is c1ccc(-c2nc(-c3ccc(-n4c5ccccc5c5cc(-n6c7ccccc7c7ccccc76)ccc54)cc3)nc(-c3cccc4c3[I-]c3c(-c5ccccc5)cccc3-4)n2)cc1. The Labute approximate surface area is 373 Å². The van der Waals surface area contributed by atoms with Crippen LogP contribution in [0.15, 0.2) is 212 Å². The fourth-order valence-corrected chi connectivity index (χ4v) is 13.0. The van der Waals surface area contributed by atoms with Crippen molar-refractivity contribution in [1.29, 1.82) is 0 Å². The molecule has 6 heteroatoms. The average Bonchev–Trinajstić information content (AvgIpc) is 4.02. The summed E-state index contributed by atoms with van der Waals surface area (Å²) < 4.78 is 7.57. The van der Waals surface area contributed by atoms with Crippen LogP contribution in [0, 0.1) is 7.14 Å². The van der Waals surface area contributed by atoms with Gasteiger partial charge in [0.05, 0.1) is 11.0 Å². The number of para-hydroxylation sites is 3. The zero-order valence-electron chi connectivity index (χ0n) is 33.8. The normalized spacial score (nSPS) is 12.2. The average molecular weight is 917 g/mol. The minimum absolute atomic E-state index is 0.513. The van der Waals surface area contributed by atoms with Crippen LogP contribution in [0.25, 0.3) is 111 Å². The quantitative estimate of drug-likeness (QED) is 0.156. The summed E-state index contributed by atoms with van der Waals surface area (Å²) in [5.74, 6) is 2.02. The first-order valence-corrected chi connectivity index (χ1v) is 23.3. The third-order valence-electron chi connectivity index (χ3n) is 12.3. The van der Waals surface area contributed by atoms with Crippen LogP contribution >= 0.6 is 0 Å². The Bertz CT molecular complexity index is 3700. The first-order chi connectivity index (χ1) is 31.2. The third kappa shape index (κ3) is 5.79. The van der Waals surface area contributed by atoms with Gasteiger partial charge in [0.1, 0.15) is 0 Å². The van der Waals surface area contributed by atoms with Gasteiger partial charge in [-0.25, -0.2) is 0 Å². The molecule has 0 saturated heterocycles. The Balaban J connectivity index is 0.920. The summed E-state index contributed by atoms with van der Waals surface area (Å²) in [6, 6.07) is 76.0. The molecule has 0 saturated carbocycles. The van der Waals surface area contributed by atoms with Gasteiger partial charge in [-0.2, -0.15) is 0 Å². The van der Waals surface area contributed by atoms with Crippen molar-refractivity contribution in [3.8, 4) is 67.8 Å². The van der Waals surface area contributed by atoms with Gasteiger partial charge < -0.3 is 4.57 Å². The summed E-state index contributed by atoms with van der Waals surface area (Å²) >= 11 is -0.513. The molecule has 1 aliphatic rings. The molecular weight excluding hydrogens is 882 g/mol. The van der Waals surface area contributed by atoms with Crippen molar-refractivity contribution in [2.24, 2.45) is 0 Å². The molecular formula is C57H35IN5-. The number of rotatable bonds is 6. The van der Waals surface area contributed by atoms with E-state index in [9.17, 15) is 0 Å². The Morgan fingerprint density at radius 1 is 0.286 bits per heavy atom. The van der Waals surface area contributed by atoms with E-state index in [4.69, 9.17) is 15.0 Å². The fourth-order valence-electron chi connectivity index (χ4n) is 9.47. The molecule has 1 aliphatic heterocycles. The van der Waals surface area contributed by atoms with E-state index in [1.807, 2.05) is 18.2 Å². The fraction of sp³-hybridized carbons (Fsp3) is 0. The van der Waals surface area contributed by atoms with Gasteiger partial charge in [-0.05, 0) is 24.3 Å². The molecule has 0 N–H and O–H groups in total. The molecule has 63 heavy (non-hydrogen) atoms. The number of nitrogens with zero attached hydrogens (tertiary/aromatic N) is 5. The molecule has 0 aliphatic carbocycles. The number of halogens is 1. The first-order valence-electron chi connectivity index (χ1n) is 21.2. The van der Waals surface area contributed by atoms with Crippen molar-refractivity contribution in [1.82, 2.24) is 24.1 Å². The summed E-state index contributed by atoms with van der Waals surface area (Å²) in [6.07, 6.45) is 0. The van der Waals surface area contributed by atoms with Crippen molar-refractivity contribution in [3.05, 3.63) is 219 Å². The van der Waals surface area contributed by atoms with Crippen molar-refractivity contribution < 1.29 is 21.2 Å². The molecule has 0 atom stereocenters. The molecule has 12 aromatic rings. The molecule has 0 radical (unpaired) electrons. The standard InChI is InChI=1S/C57H35IN5/c1-3-15-36(16-4-1)41-22-13-23-45-46-24-14-25-47(54(46)58-53(41)45)57-60-55(37-17-5-2-6-18-37)59-56(61-57)38-29-31-39(32-30-38)62-51-28-12-9-21-44(51)48-35-40(33-34-52(48)62)63-49-26-10-7-19-42(49)43-20-8-11-27-50(43)63/h1-35H/q-1. The number of aromatic nitrogens is 5. The van der Waals surface area contributed by atoms with Crippen molar-refractivity contribution in [2.45, 2.75) is 0 Å². The monoisotopic (exact) mass is 916 g/mol. The molecule has 9 aromatic carbocycles. The Morgan fingerprint density at radius 2 is 0.714 bits per heavy atom. The van der Waals surface area contributed by atoms with Gasteiger partial charge in [0, 0.05) is 16.5 Å². The second-order valence-corrected chi connectivity index (χ2v) is 18.6. The van der Waals surface area contributed by atoms with Gasteiger partial charge in [-0.15, -0.1) is 0 Å². The molecule has 5 nitrogen and oxygen atoms in total. The molecule has 0 fully saturated rings. The van der Waals surface area contributed by atoms with E-state index in [0.29, 0.717) is 17.5 Å². The van der Waals surface area contributed by atoms with E-state index in [2.05, 4.69) is 203 Å². The maximum absolute atomic E-state index is 5.28. The van der Waals surface area contributed by atoms with Crippen molar-refractivity contribution in [3.63, 3.8) is 0 Å². The molecule has 4 heterocycles. The van der Waals surface area contributed by atoms with Crippen LogP contribution in [-0.2, 0) is 0 Å². The summed E-state index contributed by atoms with van der Waals surface area (Å²) in [5, 5.41) is 4.94. The Kier molecular flexibility index (Phi) is 8.27. The molecule has 296 valence electrons. The molecule has 13 rings (SSSR count). The first kappa shape index (κ1) is 36.0. The van der Waals surface area contributed by atoms with Gasteiger partial charge in [0.2, 0.25) is 0 Å². The number of hydrogen-bond donors (Lipinski definition) is 0. The van der Waals surface area contributed by atoms with Gasteiger partial charge in [0.25, 0.3) is 0 Å². The topological polar surface area (TPSA) is 48.5 Å². The second-order valence-electron chi connectivity index (χ2n) is 15.9. The van der Waals surface area contributed by atoms with Crippen LogP contribution in [0.2, 0.25) is 0 Å². The van der Waals surface area contributed by atoms with Crippen LogP contribution in [0.1, 0.15) is 0 Å². The molecule has 0 unspecified atom stereocenters. The van der Waals surface area contributed by atoms with Crippen LogP contribution in [-0.4, -0.2) is 24.1 Å². The number of hydrogen-bond acceptors (Lipinski definition) is 3. The summed E-state index contributed by atoms with van der Waals surface area (Å²) in [5.41, 5.74) is 15.1. The maximum atomic E-state index is 5.28. The molecule has 3 aromatic heterocycles. The van der Waals surface area contributed by atoms with E-state index in [1.54, 1.807) is 0 Å². The van der Waals surface area contributed by atoms with Gasteiger partial charge in [0.15, 0.2) is 0 Å². The zero-order valence-corrected chi connectivity index (χ0v) is 36.0. The second kappa shape index (κ2) is 14.5. The van der Waals surface area contributed by atoms with E-state index in [-0.39, 0.29) is 0 Å². The minimum atomic E-state index is -0.513. The zero-order chi connectivity index (χ0) is 41.4. The molecule has 0 spiro atoms. The Morgan fingerprint density at radius 3 is 1.33 bits per heavy atom. The summed E-state index contributed by atoms with van der Waals surface area (Å²) in [6.45, 7) is 0. The van der Waals surface area contributed by atoms with E-state index in [1.165, 1.54) is 62.0 Å². The van der Waals surface area contributed by atoms with Crippen LogP contribution in [0.4, 0.5) is 0 Å². The van der Waals surface area contributed by atoms with E-state index < -0.39 is 21.2 Å². The van der Waals surface area contributed by atoms with Crippen LogP contribution < -0.4 is 21.2 Å². The van der Waals surface area contributed by atoms with E-state index >= 15 is 0 Å². The van der Waals surface area contributed by atoms with Gasteiger partial charge in [-0.3, -0.25) is 0 Å². The predicted molar refractivity (Wildman–Crippen MR) is 253 cm³/mol. The van der Waals surface area contributed by atoms with Crippen LogP contribution in [0.5, 0.6) is 0 Å². The molecule has 0 bridgehead atoms. The number of fused-ring (bicyclic) bond motifs is 9. The molecule has 0 amide bonds. The summed E-state index contributed by atoms with van der Waals surface area (Å²) in [4.78, 5) is 15.6. The van der Waals surface area contributed by atoms with E-state index in [0.717, 1.165) is 39.1 Å². The van der Waals surface area contributed by atoms with Gasteiger partial charge in [-0.1, -0.05) is 54.6 Å². The van der Waals surface area contributed by atoms with Crippen LogP contribution in [0.3, 0.4) is 0 Å². The predicted octanol–water partition coefficient (Wildman–Crippen LogP) is 10.8. The number of benzene rings is 9. The third-order valence-corrected chi connectivity index (χ3v) is 15.8. The van der Waals surface area contributed by atoms with Crippen molar-refractivity contribution in [2.75, 3.05) is 0 Å². The Hall–Kier alpha value is -7.68.